The summed E-state index contributed by atoms with van der Waals surface area (Å²) in [5.41, 5.74) is 0. The molecule has 0 unspecified atom stereocenters. The zero-order valence-corrected chi connectivity index (χ0v) is 22.5. The Morgan fingerprint density at radius 3 is 1.52 bits per heavy atom. The lowest BCUT2D eigenvalue weighted by molar-refractivity contribution is 0.0572. The van der Waals surface area contributed by atoms with Crippen LogP contribution in [0.3, 0.4) is 0 Å². The van der Waals surface area contributed by atoms with Crippen LogP contribution in [0.4, 0.5) is 0 Å². The molecule has 0 atom stereocenters. The molecule has 0 saturated heterocycles. The largest absolute Gasteiger partial charge is 0.415 e. The zero-order valence-electron chi connectivity index (χ0n) is 19.3. The highest BCUT2D eigenvalue weighted by molar-refractivity contribution is 6.82. The highest BCUT2D eigenvalue weighted by Gasteiger charge is 2.54. The molecule has 5 heteroatoms. The minimum atomic E-state index is -2.02. The molecule has 2 nitrogen and oxygen atoms in total. The van der Waals surface area contributed by atoms with Gasteiger partial charge >= 0.3 is 0 Å². The summed E-state index contributed by atoms with van der Waals surface area (Å²) in [6.45, 7) is 26.2. The Bertz CT molecular complexity index is 373. The molecule has 0 rings (SSSR count). The lowest BCUT2D eigenvalue weighted by Crippen LogP contribution is -2.67. The molecule has 25 heavy (non-hydrogen) atoms. The molecule has 0 aliphatic rings. The molecule has 0 aromatic heterocycles. The first-order valence-electron chi connectivity index (χ1n) is 10.8. The summed E-state index contributed by atoms with van der Waals surface area (Å²) >= 11 is 0. The average molecular weight is 405 g/mol. The predicted octanol–water partition coefficient (Wildman–Crippen LogP) is 6.91. The molecule has 0 amide bonds. The van der Waals surface area contributed by atoms with Crippen LogP contribution in [0.15, 0.2) is 0 Å². The lowest BCUT2D eigenvalue weighted by Gasteiger charge is -2.54. The maximum Gasteiger partial charge on any atom is 0.217 e. The van der Waals surface area contributed by atoms with Gasteiger partial charge in [-0.25, -0.2) is 0 Å². The molecular formula is C20H48O2Si3. The number of hydrogen-bond acceptors (Lipinski definition) is 2. The van der Waals surface area contributed by atoms with Crippen molar-refractivity contribution in [2.24, 2.45) is 0 Å². The van der Waals surface area contributed by atoms with E-state index in [0.29, 0.717) is 0 Å². The van der Waals surface area contributed by atoms with E-state index < -0.39 is 25.4 Å². The summed E-state index contributed by atoms with van der Waals surface area (Å²) in [4.78, 5) is 0. The third-order valence-electron chi connectivity index (χ3n) is 6.68. The van der Waals surface area contributed by atoms with Gasteiger partial charge in [-0.3, -0.25) is 0 Å². The second kappa shape index (κ2) is 10.2. The molecule has 0 spiro atoms. The van der Waals surface area contributed by atoms with Gasteiger partial charge in [-0.1, -0.05) is 66.6 Å². The molecule has 0 saturated carbocycles. The van der Waals surface area contributed by atoms with Gasteiger partial charge in [-0.15, -0.1) is 0 Å². The van der Waals surface area contributed by atoms with Crippen LogP contribution >= 0.6 is 0 Å². The molecule has 0 aromatic rings. The van der Waals surface area contributed by atoms with Gasteiger partial charge in [-0.2, -0.15) is 0 Å². The topological polar surface area (TPSA) is 18.5 Å². The van der Waals surface area contributed by atoms with E-state index in [1.807, 2.05) is 0 Å². The average Bonchev–Trinajstić information content (AvgIpc) is 2.55. The van der Waals surface area contributed by atoms with Crippen LogP contribution < -0.4 is 0 Å². The first-order valence-corrected chi connectivity index (χ1v) is 19.7. The van der Waals surface area contributed by atoms with E-state index in [2.05, 4.69) is 73.9 Å². The summed E-state index contributed by atoms with van der Waals surface area (Å²) in [6, 6.07) is 1.38. The number of hydrogen-bond donors (Lipinski definition) is 0. The first kappa shape index (κ1) is 25.6. The van der Waals surface area contributed by atoms with Gasteiger partial charge in [0.1, 0.15) is 0 Å². The minimum absolute atomic E-state index is 0.0295. The van der Waals surface area contributed by atoms with Crippen LogP contribution in [0.2, 0.25) is 45.3 Å². The van der Waals surface area contributed by atoms with Crippen LogP contribution in [0.25, 0.3) is 0 Å². The summed E-state index contributed by atoms with van der Waals surface area (Å²) in [5, 5.41) is 0.0631. The molecule has 0 N–H and O–H groups in total. The molecule has 0 heterocycles. The Kier molecular flexibility index (Phi) is 10.4. The molecule has 0 bridgehead atoms. The number of unbranched alkanes of at least 4 members (excludes halogenated alkanes) is 1. The fourth-order valence-electron chi connectivity index (χ4n) is 4.78. The second-order valence-corrected chi connectivity index (χ2v) is 20.8. The van der Waals surface area contributed by atoms with E-state index in [0.717, 1.165) is 25.7 Å². The fourth-order valence-corrected chi connectivity index (χ4v) is 16.5. The Labute approximate surface area is 163 Å². The van der Waals surface area contributed by atoms with E-state index in [4.69, 9.17) is 8.85 Å². The van der Waals surface area contributed by atoms with Crippen LogP contribution in [-0.4, -0.2) is 35.9 Å². The third kappa shape index (κ3) is 5.77. The summed E-state index contributed by atoms with van der Waals surface area (Å²) in [7, 11) is -4.63. The fraction of sp³-hybridized carbons (Fsp3) is 1.00. The zero-order chi connectivity index (χ0) is 19.9. The van der Waals surface area contributed by atoms with Crippen LogP contribution in [-0.2, 0) is 8.85 Å². The Morgan fingerprint density at radius 2 is 1.20 bits per heavy atom. The third-order valence-corrected chi connectivity index (χ3v) is 16.8. The van der Waals surface area contributed by atoms with Crippen molar-refractivity contribution < 1.29 is 8.85 Å². The molecule has 0 aromatic carbocycles. The van der Waals surface area contributed by atoms with E-state index in [1.54, 1.807) is 0 Å². The molecule has 0 aliphatic heterocycles. The monoisotopic (exact) mass is 404 g/mol. The normalized spacial score (nSPS) is 14.4. The summed E-state index contributed by atoms with van der Waals surface area (Å²) in [5.74, 6) is 0. The van der Waals surface area contributed by atoms with Crippen molar-refractivity contribution in [1.29, 1.82) is 0 Å². The van der Waals surface area contributed by atoms with Crippen LogP contribution in [0, 0.1) is 0 Å². The van der Waals surface area contributed by atoms with E-state index in [-0.39, 0.29) is 10.4 Å². The minimum Gasteiger partial charge on any atom is -0.415 e. The molecule has 0 radical (unpaired) electrons. The summed E-state index contributed by atoms with van der Waals surface area (Å²) in [6.07, 6.45) is 7.07. The second-order valence-electron chi connectivity index (χ2n) is 9.17. The van der Waals surface area contributed by atoms with Crippen molar-refractivity contribution in [3.8, 4) is 0 Å². The molecular weight excluding hydrogens is 356 g/mol. The van der Waals surface area contributed by atoms with Gasteiger partial charge in [0, 0.05) is 5.22 Å². The van der Waals surface area contributed by atoms with Crippen molar-refractivity contribution in [2.75, 3.05) is 0 Å². The smallest absolute Gasteiger partial charge is 0.217 e. The Balaban J connectivity index is 5.87. The van der Waals surface area contributed by atoms with Crippen molar-refractivity contribution in [2.45, 2.75) is 129 Å². The van der Waals surface area contributed by atoms with Gasteiger partial charge in [0.15, 0.2) is 9.04 Å². The Morgan fingerprint density at radius 1 is 0.760 bits per heavy atom. The highest BCUT2D eigenvalue weighted by atomic mass is 28.4. The van der Waals surface area contributed by atoms with Gasteiger partial charge in [-0.05, 0) is 51.9 Å². The lowest BCUT2D eigenvalue weighted by atomic mass is 10.2. The maximum absolute atomic E-state index is 7.33. The van der Waals surface area contributed by atoms with Crippen LogP contribution in [0.1, 0.15) is 73.1 Å². The standard InChI is InChI=1S/C20H48O2Si3/c1-12-17-18-24(8,9)20(15-4,16-5)22-25(10,11)19(13-2,14-3)21-23(6)7/h23H,12-18H2,1-11H3. The van der Waals surface area contributed by atoms with Crippen molar-refractivity contribution >= 4 is 25.4 Å². The SMILES string of the molecule is CCCC[Si](C)(C)C(CC)(CC)O[Si](C)(C)C(CC)(CC)O[SiH](C)C. The van der Waals surface area contributed by atoms with Crippen molar-refractivity contribution in [1.82, 2.24) is 0 Å². The first-order chi connectivity index (χ1) is 11.4. The van der Waals surface area contributed by atoms with Gasteiger partial charge in [0.25, 0.3) is 0 Å². The summed E-state index contributed by atoms with van der Waals surface area (Å²) < 4.78 is 14.1. The Hall–Kier alpha value is 0.571. The molecule has 0 aliphatic carbocycles. The van der Waals surface area contributed by atoms with Gasteiger partial charge in [0.2, 0.25) is 8.32 Å². The number of rotatable bonds is 13. The van der Waals surface area contributed by atoms with E-state index in [1.165, 1.54) is 18.9 Å². The van der Waals surface area contributed by atoms with Crippen molar-refractivity contribution in [3.05, 3.63) is 0 Å². The highest BCUT2D eigenvalue weighted by Crippen LogP contribution is 2.43. The van der Waals surface area contributed by atoms with Gasteiger partial charge in [0.05, 0.1) is 13.3 Å². The molecule has 0 fully saturated rings. The quantitative estimate of drug-likeness (QED) is 0.310. The molecule has 152 valence electrons. The van der Waals surface area contributed by atoms with Gasteiger partial charge < -0.3 is 8.85 Å². The van der Waals surface area contributed by atoms with Crippen LogP contribution in [0.5, 0.6) is 0 Å². The van der Waals surface area contributed by atoms with E-state index >= 15 is 0 Å². The van der Waals surface area contributed by atoms with E-state index in [9.17, 15) is 0 Å². The maximum atomic E-state index is 7.33. The predicted molar refractivity (Wildman–Crippen MR) is 122 cm³/mol. The van der Waals surface area contributed by atoms with Crippen molar-refractivity contribution in [3.63, 3.8) is 0 Å².